The lowest BCUT2D eigenvalue weighted by atomic mass is 10.2. The fourth-order valence-corrected chi connectivity index (χ4v) is 1.33. The zero-order valence-electron chi connectivity index (χ0n) is 7.69. The van der Waals surface area contributed by atoms with Crippen molar-refractivity contribution >= 4 is 6.08 Å². The van der Waals surface area contributed by atoms with E-state index in [0.717, 1.165) is 11.8 Å². The van der Waals surface area contributed by atoms with Crippen LogP contribution >= 0.6 is 0 Å². The average molecular weight is 194 g/mol. The van der Waals surface area contributed by atoms with E-state index in [-0.39, 0.29) is 6.79 Å². The van der Waals surface area contributed by atoms with Crippen molar-refractivity contribution < 1.29 is 19.3 Å². The van der Waals surface area contributed by atoms with Gasteiger partial charge in [-0.05, 0) is 23.8 Å². The molecule has 0 unspecified atom stereocenters. The highest BCUT2D eigenvalue weighted by Gasteiger charge is 2.19. The van der Waals surface area contributed by atoms with Crippen molar-refractivity contribution in [3.63, 3.8) is 0 Å². The monoisotopic (exact) mass is 194 g/mol. The van der Waals surface area contributed by atoms with Gasteiger partial charge in [-0.15, -0.1) is 0 Å². The van der Waals surface area contributed by atoms with Crippen LogP contribution in [0.3, 0.4) is 0 Å². The lowest BCUT2D eigenvalue weighted by molar-refractivity contribution is 0.171. The van der Waals surface area contributed by atoms with Crippen LogP contribution in [0.25, 0.3) is 6.08 Å². The summed E-state index contributed by atoms with van der Waals surface area (Å²) in [4.78, 5) is 0. The smallest absolute Gasteiger partial charge is 0.231 e. The van der Waals surface area contributed by atoms with Crippen molar-refractivity contribution in [3.8, 4) is 17.2 Å². The molecule has 0 aliphatic carbocycles. The molecule has 2 rings (SSSR count). The quantitative estimate of drug-likeness (QED) is 0.731. The highest BCUT2D eigenvalue weighted by molar-refractivity contribution is 5.62. The molecule has 4 heteroatoms. The molecule has 1 aromatic rings. The number of rotatable bonds is 2. The van der Waals surface area contributed by atoms with Crippen LogP contribution in [-0.4, -0.2) is 19.0 Å². The summed E-state index contributed by atoms with van der Waals surface area (Å²) in [6, 6.07) is 3.54. The summed E-state index contributed by atoms with van der Waals surface area (Å²) in [5, 5.41) is 8.64. The number of aliphatic hydroxyl groups excluding tert-OH is 1. The second kappa shape index (κ2) is 3.49. The van der Waals surface area contributed by atoms with Crippen LogP contribution < -0.4 is 14.2 Å². The Labute approximate surface area is 81.3 Å². The second-order valence-corrected chi connectivity index (χ2v) is 2.77. The third kappa shape index (κ3) is 1.35. The molecule has 0 spiro atoms. The number of hydrogen-bond donors (Lipinski definition) is 1. The molecule has 0 bridgehead atoms. The van der Waals surface area contributed by atoms with Gasteiger partial charge in [0, 0.05) is 0 Å². The number of fused-ring (bicyclic) bond motifs is 1. The van der Waals surface area contributed by atoms with Crippen molar-refractivity contribution in [2.75, 3.05) is 13.9 Å². The Balaban J connectivity index is 2.49. The van der Waals surface area contributed by atoms with Crippen LogP contribution in [0.15, 0.2) is 18.4 Å². The van der Waals surface area contributed by atoms with Gasteiger partial charge in [0.1, 0.15) is 0 Å². The van der Waals surface area contributed by atoms with Gasteiger partial charge in [0.05, 0.1) is 13.4 Å². The molecule has 14 heavy (non-hydrogen) atoms. The fourth-order valence-electron chi connectivity index (χ4n) is 1.33. The minimum atomic E-state index is 0.206. The topological polar surface area (TPSA) is 47.9 Å². The Kier molecular flexibility index (Phi) is 2.18. The summed E-state index contributed by atoms with van der Waals surface area (Å²) < 4.78 is 15.6. The molecule has 1 heterocycles. The first-order valence-electron chi connectivity index (χ1n) is 4.13. The van der Waals surface area contributed by atoms with Gasteiger partial charge < -0.3 is 19.3 Å². The molecule has 74 valence electrons. The van der Waals surface area contributed by atoms with Gasteiger partial charge in [-0.3, -0.25) is 0 Å². The Morgan fingerprint density at radius 2 is 2.29 bits per heavy atom. The lowest BCUT2D eigenvalue weighted by Gasteiger charge is -2.05. The van der Waals surface area contributed by atoms with Crippen LogP contribution in [0.1, 0.15) is 5.56 Å². The number of ether oxygens (including phenoxy) is 3. The minimum absolute atomic E-state index is 0.206. The molecule has 0 amide bonds. The third-order valence-electron chi connectivity index (χ3n) is 1.95. The molecular weight excluding hydrogens is 184 g/mol. The van der Waals surface area contributed by atoms with Crippen LogP contribution in [0.4, 0.5) is 0 Å². The highest BCUT2D eigenvalue weighted by atomic mass is 16.7. The van der Waals surface area contributed by atoms with E-state index in [1.165, 1.54) is 0 Å². The average Bonchev–Trinajstić information content (AvgIpc) is 2.65. The molecule has 0 atom stereocenters. The van der Waals surface area contributed by atoms with E-state index in [0.29, 0.717) is 17.2 Å². The van der Waals surface area contributed by atoms with E-state index in [9.17, 15) is 0 Å². The van der Waals surface area contributed by atoms with Gasteiger partial charge >= 0.3 is 0 Å². The van der Waals surface area contributed by atoms with Crippen molar-refractivity contribution in [3.05, 3.63) is 24.0 Å². The number of benzene rings is 1. The maximum absolute atomic E-state index is 8.64. The SMILES string of the molecule is COc1cc(C=CO)cc2c1OCO2. The van der Waals surface area contributed by atoms with Crippen molar-refractivity contribution in [1.82, 2.24) is 0 Å². The predicted octanol–water partition coefficient (Wildman–Crippen LogP) is 1.95. The molecule has 1 N–H and O–H groups in total. The van der Waals surface area contributed by atoms with Crippen LogP contribution in [0, 0.1) is 0 Å². The largest absolute Gasteiger partial charge is 0.516 e. The summed E-state index contributed by atoms with van der Waals surface area (Å²) in [5.74, 6) is 1.85. The summed E-state index contributed by atoms with van der Waals surface area (Å²) in [6.07, 6.45) is 2.52. The second-order valence-electron chi connectivity index (χ2n) is 2.77. The third-order valence-corrected chi connectivity index (χ3v) is 1.95. The molecule has 4 nitrogen and oxygen atoms in total. The Morgan fingerprint density at radius 3 is 3.00 bits per heavy atom. The zero-order valence-corrected chi connectivity index (χ0v) is 7.69. The van der Waals surface area contributed by atoms with Crippen molar-refractivity contribution in [2.24, 2.45) is 0 Å². The first-order chi connectivity index (χ1) is 6.85. The number of methoxy groups -OCH3 is 1. The molecule has 0 aromatic heterocycles. The first kappa shape index (κ1) is 8.74. The van der Waals surface area contributed by atoms with Gasteiger partial charge in [0.25, 0.3) is 0 Å². The lowest BCUT2D eigenvalue weighted by Crippen LogP contribution is -1.93. The van der Waals surface area contributed by atoms with Crippen molar-refractivity contribution in [2.45, 2.75) is 0 Å². The van der Waals surface area contributed by atoms with Crippen LogP contribution in [0.2, 0.25) is 0 Å². The van der Waals surface area contributed by atoms with E-state index in [1.807, 2.05) is 0 Å². The molecule has 1 aliphatic heterocycles. The minimum Gasteiger partial charge on any atom is -0.516 e. The van der Waals surface area contributed by atoms with Gasteiger partial charge in [0.2, 0.25) is 12.5 Å². The summed E-state index contributed by atoms with van der Waals surface area (Å²) in [5.41, 5.74) is 0.800. The maximum atomic E-state index is 8.64. The summed E-state index contributed by atoms with van der Waals surface area (Å²) >= 11 is 0. The normalized spacial score (nSPS) is 13.5. The molecule has 0 radical (unpaired) electrons. The van der Waals surface area contributed by atoms with Gasteiger partial charge in [-0.2, -0.15) is 0 Å². The molecule has 0 saturated heterocycles. The van der Waals surface area contributed by atoms with E-state index in [1.54, 1.807) is 25.3 Å². The predicted molar refractivity (Wildman–Crippen MR) is 50.8 cm³/mol. The van der Waals surface area contributed by atoms with Crippen molar-refractivity contribution in [1.29, 1.82) is 0 Å². The van der Waals surface area contributed by atoms with E-state index in [4.69, 9.17) is 19.3 Å². The van der Waals surface area contributed by atoms with Gasteiger partial charge in [0.15, 0.2) is 11.5 Å². The molecule has 0 fully saturated rings. The van der Waals surface area contributed by atoms with Crippen LogP contribution in [0.5, 0.6) is 17.2 Å². The molecule has 0 saturated carbocycles. The number of aliphatic hydroxyl groups is 1. The summed E-state index contributed by atoms with van der Waals surface area (Å²) in [6.45, 7) is 0.206. The highest BCUT2D eigenvalue weighted by Crippen LogP contribution is 2.41. The number of hydrogen-bond acceptors (Lipinski definition) is 4. The van der Waals surface area contributed by atoms with E-state index >= 15 is 0 Å². The Hall–Kier alpha value is -1.84. The van der Waals surface area contributed by atoms with Gasteiger partial charge in [-0.1, -0.05) is 0 Å². The van der Waals surface area contributed by atoms with Crippen LogP contribution in [-0.2, 0) is 0 Å². The summed E-state index contributed by atoms with van der Waals surface area (Å²) in [7, 11) is 1.56. The molecule has 1 aliphatic rings. The fraction of sp³-hybridized carbons (Fsp3) is 0.200. The first-order valence-corrected chi connectivity index (χ1v) is 4.13. The Morgan fingerprint density at radius 1 is 1.43 bits per heavy atom. The van der Waals surface area contributed by atoms with E-state index in [2.05, 4.69) is 0 Å². The van der Waals surface area contributed by atoms with Gasteiger partial charge in [-0.25, -0.2) is 0 Å². The van der Waals surface area contributed by atoms with E-state index < -0.39 is 0 Å². The molecule has 1 aromatic carbocycles. The Bertz CT molecular complexity index is 371. The molecular formula is C10H10O4. The maximum Gasteiger partial charge on any atom is 0.231 e. The standard InChI is InChI=1S/C10H10O4/c1-12-8-4-7(2-3-11)5-9-10(8)14-6-13-9/h2-5,11H,6H2,1H3. The zero-order chi connectivity index (χ0) is 9.97.